The molecule has 1 saturated heterocycles. The van der Waals surface area contributed by atoms with Gasteiger partial charge in [0.2, 0.25) is 29.5 Å². The van der Waals surface area contributed by atoms with E-state index in [1.165, 1.54) is 0 Å². The van der Waals surface area contributed by atoms with Crippen LogP contribution in [0.5, 0.6) is 0 Å². The summed E-state index contributed by atoms with van der Waals surface area (Å²) >= 11 is 0. The average Bonchev–Trinajstić information content (AvgIpc) is 3.13. The second-order valence-corrected chi connectivity index (χ2v) is 15.8. The zero-order chi connectivity index (χ0) is 38.9. The molecule has 53 heavy (non-hydrogen) atoms. The van der Waals surface area contributed by atoms with E-state index in [2.05, 4.69) is 40.0 Å². The molecule has 5 amide bonds. The van der Waals surface area contributed by atoms with Gasteiger partial charge in [0, 0.05) is 26.2 Å². The number of carbonyl (C=O) groups is 5. The maximum absolute atomic E-state index is 14.6. The second-order valence-electron chi connectivity index (χ2n) is 15.8. The molecule has 3 fully saturated rings. The topological polar surface area (TPSA) is 201 Å². The van der Waals surface area contributed by atoms with Crippen molar-refractivity contribution in [1.82, 2.24) is 31.1 Å². The van der Waals surface area contributed by atoms with E-state index >= 15 is 0 Å². The van der Waals surface area contributed by atoms with Crippen molar-refractivity contribution in [3.8, 4) is 0 Å². The lowest BCUT2D eigenvalue weighted by molar-refractivity contribution is -0.145. The lowest BCUT2D eigenvalue weighted by Gasteiger charge is -2.39. The summed E-state index contributed by atoms with van der Waals surface area (Å²) in [6, 6.07) is -4.77. The van der Waals surface area contributed by atoms with E-state index in [1.807, 2.05) is 13.8 Å². The molecule has 14 nitrogen and oxygen atoms in total. The number of hydrogen-bond donors (Lipinski definition) is 6. The van der Waals surface area contributed by atoms with Gasteiger partial charge in [0.25, 0.3) is 0 Å². The van der Waals surface area contributed by atoms with Crippen molar-refractivity contribution < 1.29 is 28.7 Å². The predicted molar refractivity (Wildman–Crippen MR) is 206 cm³/mol. The zero-order valence-electron chi connectivity index (χ0n) is 33.3. The number of nitrogens with one attached hydrogen (secondary N) is 4. The predicted octanol–water partition coefficient (Wildman–Crippen LogP) is 1.93. The Morgan fingerprint density at radius 2 is 1.32 bits per heavy atom. The maximum Gasteiger partial charge on any atom is 0.245 e. The first kappa shape index (κ1) is 44.6. The van der Waals surface area contributed by atoms with Crippen LogP contribution in [0.3, 0.4) is 0 Å². The standard InChI is InChI=1S/C39H72N8O6/c1-6-9-17-32-37(50)45-34(28-15-13-12-14-16-28)38(51)43-30(23-41)35(48)44-31(25-53-29-20-27(21-29)22-40)36(49)42-26(4)24-47(19-11-8-3)33(18-10-7-2)39(52)46(32)5/h26-34H,6-25,40-41H2,1-5H3,(H,42,49)(H,43,51)(H,44,48)(H,45,50)/t26-,27?,29?,30+,31+,32+,33+,34+/m1/s1. The number of hydrogen-bond acceptors (Lipinski definition) is 9. The van der Waals surface area contributed by atoms with Crippen LogP contribution in [0.2, 0.25) is 0 Å². The molecule has 2 aliphatic carbocycles. The van der Waals surface area contributed by atoms with Gasteiger partial charge < -0.3 is 42.4 Å². The van der Waals surface area contributed by atoms with Crippen LogP contribution < -0.4 is 32.7 Å². The molecule has 8 N–H and O–H groups in total. The van der Waals surface area contributed by atoms with Crippen molar-refractivity contribution in [3.63, 3.8) is 0 Å². The molecule has 0 aromatic heterocycles. The first-order valence-corrected chi connectivity index (χ1v) is 20.7. The van der Waals surface area contributed by atoms with Crippen LogP contribution in [-0.2, 0) is 28.7 Å². The Kier molecular flexibility index (Phi) is 19.5. The Balaban J connectivity index is 2.04. The Bertz CT molecular complexity index is 1160. The summed E-state index contributed by atoms with van der Waals surface area (Å²) in [5.74, 6) is -1.78. The van der Waals surface area contributed by atoms with Gasteiger partial charge in [-0.25, -0.2) is 0 Å². The summed E-state index contributed by atoms with van der Waals surface area (Å²) in [5.41, 5.74) is 11.9. The largest absolute Gasteiger partial charge is 0.376 e. The fraction of sp³-hybridized carbons (Fsp3) is 0.872. The van der Waals surface area contributed by atoms with Gasteiger partial charge in [-0.05, 0) is 76.8 Å². The quantitative estimate of drug-likeness (QED) is 0.145. The molecule has 0 spiro atoms. The first-order chi connectivity index (χ1) is 25.5. The Morgan fingerprint density at radius 3 is 1.92 bits per heavy atom. The monoisotopic (exact) mass is 749 g/mol. The van der Waals surface area contributed by atoms with Crippen LogP contribution >= 0.6 is 0 Å². The highest BCUT2D eigenvalue weighted by atomic mass is 16.5. The van der Waals surface area contributed by atoms with E-state index in [4.69, 9.17) is 16.2 Å². The van der Waals surface area contributed by atoms with E-state index in [0.29, 0.717) is 38.4 Å². The van der Waals surface area contributed by atoms with Crippen molar-refractivity contribution in [2.45, 2.75) is 166 Å². The van der Waals surface area contributed by atoms with Gasteiger partial charge in [-0.15, -0.1) is 0 Å². The zero-order valence-corrected chi connectivity index (χ0v) is 33.3. The second kappa shape index (κ2) is 23.2. The Labute approximate surface area is 318 Å². The number of nitrogens with zero attached hydrogens (tertiary/aromatic N) is 2. The molecule has 2 saturated carbocycles. The van der Waals surface area contributed by atoms with Gasteiger partial charge >= 0.3 is 0 Å². The highest BCUT2D eigenvalue weighted by molar-refractivity contribution is 5.96. The van der Waals surface area contributed by atoms with Gasteiger partial charge in [-0.2, -0.15) is 0 Å². The molecule has 0 unspecified atom stereocenters. The van der Waals surface area contributed by atoms with E-state index in [0.717, 1.165) is 83.5 Å². The summed E-state index contributed by atoms with van der Waals surface area (Å²) < 4.78 is 6.08. The van der Waals surface area contributed by atoms with Crippen LogP contribution in [0.1, 0.15) is 124 Å². The van der Waals surface area contributed by atoms with Crippen LogP contribution in [0.15, 0.2) is 0 Å². The molecular weight excluding hydrogens is 676 g/mol. The first-order valence-electron chi connectivity index (χ1n) is 20.7. The minimum Gasteiger partial charge on any atom is -0.376 e. The van der Waals surface area contributed by atoms with Crippen LogP contribution in [0, 0.1) is 11.8 Å². The van der Waals surface area contributed by atoms with Crippen LogP contribution in [0.25, 0.3) is 0 Å². The van der Waals surface area contributed by atoms with Crippen LogP contribution in [-0.4, -0.2) is 122 Å². The average molecular weight is 749 g/mol. The van der Waals surface area contributed by atoms with Crippen molar-refractivity contribution in [2.24, 2.45) is 23.3 Å². The van der Waals surface area contributed by atoms with Gasteiger partial charge in [-0.1, -0.05) is 72.1 Å². The minimum absolute atomic E-state index is 0.0562. The SMILES string of the molecule is CCCC[C@H]1C(=O)N(C)[C@@H](CCCC)C(=O)N[C@@H](C2CCCCC2)C(=O)N[C@@H](CN)C(=O)N[C@@H](COC2CC(CN)C2)C(=O)N[C@H](C)CN1CCCC. The molecule has 1 aliphatic heterocycles. The Hall–Kier alpha value is -2.81. The molecule has 0 bridgehead atoms. The molecule has 304 valence electrons. The van der Waals surface area contributed by atoms with E-state index < -0.39 is 47.9 Å². The van der Waals surface area contributed by atoms with E-state index in [1.54, 1.807) is 11.9 Å². The molecule has 14 heteroatoms. The molecule has 6 atom stereocenters. The van der Waals surface area contributed by atoms with Crippen molar-refractivity contribution in [1.29, 1.82) is 0 Å². The number of amides is 5. The van der Waals surface area contributed by atoms with Gasteiger partial charge in [0.15, 0.2) is 0 Å². The third-order valence-corrected chi connectivity index (χ3v) is 11.4. The lowest BCUT2D eigenvalue weighted by Crippen LogP contribution is -2.63. The van der Waals surface area contributed by atoms with Gasteiger partial charge in [0.1, 0.15) is 24.2 Å². The molecule has 0 aromatic carbocycles. The van der Waals surface area contributed by atoms with E-state index in [9.17, 15) is 24.0 Å². The number of nitrogens with two attached hydrogens (primary N) is 2. The molecule has 1 heterocycles. The maximum atomic E-state index is 14.6. The summed E-state index contributed by atoms with van der Waals surface area (Å²) in [4.78, 5) is 74.4. The molecule has 0 radical (unpaired) electrons. The molecule has 3 aliphatic rings. The summed E-state index contributed by atoms with van der Waals surface area (Å²) in [6.45, 7) is 9.49. The van der Waals surface area contributed by atoms with Crippen molar-refractivity contribution in [3.05, 3.63) is 0 Å². The number of rotatable bonds is 15. The van der Waals surface area contributed by atoms with Crippen molar-refractivity contribution in [2.75, 3.05) is 39.8 Å². The molecule has 0 aromatic rings. The fourth-order valence-corrected chi connectivity index (χ4v) is 7.92. The minimum atomic E-state index is -1.15. The molecular formula is C39H72N8O6. The summed E-state index contributed by atoms with van der Waals surface area (Å²) in [5, 5.41) is 11.8. The Morgan fingerprint density at radius 1 is 0.717 bits per heavy atom. The van der Waals surface area contributed by atoms with Gasteiger partial charge in [0.05, 0.1) is 18.8 Å². The van der Waals surface area contributed by atoms with Crippen LogP contribution in [0.4, 0.5) is 0 Å². The smallest absolute Gasteiger partial charge is 0.245 e. The van der Waals surface area contributed by atoms with Crippen molar-refractivity contribution >= 4 is 29.5 Å². The fourth-order valence-electron chi connectivity index (χ4n) is 7.92. The highest BCUT2D eigenvalue weighted by Crippen LogP contribution is 2.29. The van der Waals surface area contributed by atoms with E-state index in [-0.39, 0.29) is 43.0 Å². The normalized spacial score (nSPS) is 30.8. The third-order valence-electron chi connectivity index (χ3n) is 11.4. The number of unbranched alkanes of at least 4 members (excludes halogenated alkanes) is 3. The number of carbonyl (C=O) groups excluding carboxylic acids is 5. The summed E-state index contributed by atoms with van der Waals surface area (Å²) in [6.07, 6.45) is 12.1. The number of ether oxygens (including phenoxy) is 1. The summed E-state index contributed by atoms with van der Waals surface area (Å²) in [7, 11) is 1.70. The lowest BCUT2D eigenvalue weighted by atomic mass is 9.82. The third kappa shape index (κ3) is 13.5. The molecule has 3 rings (SSSR count). The van der Waals surface area contributed by atoms with Gasteiger partial charge in [-0.3, -0.25) is 28.9 Å². The highest BCUT2D eigenvalue weighted by Gasteiger charge is 2.39. The number of likely N-dealkylation sites (N-methyl/N-ethyl adjacent to an activating group) is 1.